The van der Waals surface area contributed by atoms with Gasteiger partial charge < -0.3 is 5.32 Å². The molecule has 0 spiro atoms. The van der Waals surface area contributed by atoms with Crippen molar-refractivity contribution in [1.82, 2.24) is 5.32 Å². The number of benzene rings is 2. The molecular formula is C18H19ClFNO. The monoisotopic (exact) mass is 319 g/mol. The number of hydrogen-bond donors (Lipinski definition) is 1. The summed E-state index contributed by atoms with van der Waals surface area (Å²) >= 11 is 5.89. The maximum Gasteiger partial charge on any atom is 0.224 e. The standard InChI is InChI=1S/C18H19ClFNO/c1-18(2,14-5-7-15(19)8-6-14)12-21-17(22)11-13-3-9-16(20)10-4-13/h3-10H,11-12H2,1-2H3,(H,21,22). The highest BCUT2D eigenvalue weighted by molar-refractivity contribution is 6.30. The molecule has 0 aliphatic rings. The summed E-state index contributed by atoms with van der Waals surface area (Å²) in [5.41, 5.74) is 1.71. The van der Waals surface area contributed by atoms with E-state index in [2.05, 4.69) is 19.2 Å². The third-order valence-corrected chi connectivity index (χ3v) is 3.88. The molecule has 0 unspecified atom stereocenters. The molecule has 0 radical (unpaired) electrons. The van der Waals surface area contributed by atoms with E-state index in [1.54, 1.807) is 12.1 Å². The topological polar surface area (TPSA) is 29.1 Å². The number of halogens is 2. The van der Waals surface area contributed by atoms with Crippen molar-refractivity contribution in [1.29, 1.82) is 0 Å². The Morgan fingerprint density at radius 3 is 2.27 bits per heavy atom. The van der Waals surface area contributed by atoms with Gasteiger partial charge in [-0.1, -0.05) is 49.7 Å². The number of nitrogens with one attached hydrogen (secondary N) is 1. The molecule has 22 heavy (non-hydrogen) atoms. The highest BCUT2D eigenvalue weighted by Crippen LogP contribution is 2.23. The highest BCUT2D eigenvalue weighted by Gasteiger charge is 2.21. The first kappa shape index (κ1) is 16.5. The summed E-state index contributed by atoms with van der Waals surface area (Å²) in [6, 6.07) is 13.6. The minimum Gasteiger partial charge on any atom is -0.355 e. The van der Waals surface area contributed by atoms with E-state index >= 15 is 0 Å². The molecule has 1 amide bonds. The van der Waals surface area contributed by atoms with E-state index in [1.165, 1.54) is 12.1 Å². The Morgan fingerprint density at radius 1 is 1.09 bits per heavy atom. The van der Waals surface area contributed by atoms with Crippen molar-refractivity contribution >= 4 is 17.5 Å². The minimum absolute atomic E-state index is 0.0753. The van der Waals surface area contributed by atoms with Crippen LogP contribution in [-0.4, -0.2) is 12.5 Å². The Morgan fingerprint density at radius 2 is 1.68 bits per heavy atom. The van der Waals surface area contributed by atoms with Crippen molar-refractivity contribution in [3.05, 3.63) is 70.5 Å². The van der Waals surface area contributed by atoms with Crippen LogP contribution in [0.4, 0.5) is 4.39 Å². The molecule has 0 aliphatic carbocycles. The summed E-state index contributed by atoms with van der Waals surface area (Å²) in [5, 5.41) is 3.63. The van der Waals surface area contributed by atoms with Crippen LogP contribution in [0.3, 0.4) is 0 Å². The zero-order valence-electron chi connectivity index (χ0n) is 12.7. The highest BCUT2D eigenvalue weighted by atomic mass is 35.5. The van der Waals surface area contributed by atoms with Gasteiger partial charge in [-0.05, 0) is 35.4 Å². The van der Waals surface area contributed by atoms with Gasteiger partial charge in [-0.25, -0.2) is 4.39 Å². The number of amides is 1. The van der Waals surface area contributed by atoms with Gasteiger partial charge in [-0.3, -0.25) is 4.79 Å². The van der Waals surface area contributed by atoms with Gasteiger partial charge in [0.05, 0.1) is 6.42 Å². The van der Waals surface area contributed by atoms with Crippen molar-refractivity contribution in [3.63, 3.8) is 0 Å². The Balaban J connectivity index is 1.92. The van der Waals surface area contributed by atoms with Crippen LogP contribution < -0.4 is 5.32 Å². The maximum atomic E-state index is 12.8. The van der Waals surface area contributed by atoms with Crippen LogP contribution in [0, 0.1) is 5.82 Å². The van der Waals surface area contributed by atoms with Crippen LogP contribution in [0.25, 0.3) is 0 Å². The summed E-state index contributed by atoms with van der Waals surface area (Å²) in [6.07, 6.45) is 0.247. The first-order valence-electron chi connectivity index (χ1n) is 7.14. The molecular weight excluding hydrogens is 301 g/mol. The van der Waals surface area contributed by atoms with E-state index in [1.807, 2.05) is 24.3 Å². The smallest absolute Gasteiger partial charge is 0.224 e. The lowest BCUT2D eigenvalue weighted by Crippen LogP contribution is -2.37. The van der Waals surface area contributed by atoms with E-state index in [-0.39, 0.29) is 23.6 Å². The molecule has 116 valence electrons. The molecule has 4 heteroatoms. The predicted octanol–water partition coefficient (Wildman–Crippen LogP) is 4.12. The number of hydrogen-bond acceptors (Lipinski definition) is 1. The minimum atomic E-state index is -0.298. The Bertz CT molecular complexity index is 635. The summed E-state index contributed by atoms with van der Waals surface area (Å²) in [6.45, 7) is 4.65. The molecule has 1 N–H and O–H groups in total. The molecule has 0 fully saturated rings. The average molecular weight is 320 g/mol. The van der Waals surface area contributed by atoms with Crippen molar-refractivity contribution in [3.8, 4) is 0 Å². The van der Waals surface area contributed by atoms with Gasteiger partial charge in [-0.15, -0.1) is 0 Å². The lowest BCUT2D eigenvalue weighted by atomic mass is 9.84. The first-order chi connectivity index (χ1) is 10.4. The van der Waals surface area contributed by atoms with Gasteiger partial charge in [0.1, 0.15) is 5.82 Å². The predicted molar refractivity (Wildman–Crippen MR) is 87.6 cm³/mol. The summed E-state index contributed by atoms with van der Waals surface area (Å²) in [4.78, 5) is 12.0. The Kier molecular flexibility index (Phi) is 5.19. The van der Waals surface area contributed by atoms with Gasteiger partial charge in [0, 0.05) is 17.0 Å². The fourth-order valence-corrected chi connectivity index (χ4v) is 2.30. The number of carbonyl (C=O) groups is 1. The molecule has 0 saturated carbocycles. The molecule has 0 bridgehead atoms. The second-order valence-corrected chi connectivity index (χ2v) is 6.41. The van der Waals surface area contributed by atoms with E-state index in [4.69, 9.17) is 11.6 Å². The van der Waals surface area contributed by atoms with Crippen LogP contribution in [0.1, 0.15) is 25.0 Å². The normalized spacial score (nSPS) is 11.3. The van der Waals surface area contributed by atoms with Gasteiger partial charge in [0.2, 0.25) is 5.91 Å². The molecule has 0 aliphatic heterocycles. The van der Waals surface area contributed by atoms with E-state index in [0.717, 1.165) is 11.1 Å². The molecule has 0 saturated heterocycles. The number of carbonyl (C=O) groups excluding carboxylic acids is 1. The largest absolute Gasteiger partial charge is 0.355 e. The zero-order chi connectivity index (χ0) is 16.2. The van der Waals surface area contributed by atoms with E-state index in [0.29, 0.717) is 11.6 Å². The van der Waals surface area contributed by atoms with Crippen molar-refractivity contribution in [2.75, 3.05) is 6.54 Å². The maximum absolute atomic E-state index is 12.8. The van der Waals surface area contributed by atoms with Crippen molar-refractivity contribution in [2.24, 2.45) is 0 Å². The van der Waals surface area contributed by atoms with Crippen molar-refractivity contribution < 1.29 is 9.18 Å². The van der Waals surface area contributed by atoms with E-state index in [9.17, 15) is 9.18 Å². The molecule has 2 aromatic carbocycles. The van der Waals surface area contributed by atoms with Gasteiger partial charge in [0.15, 0.2) is 0 Å². The molecule has 0 heterocycles. The molecule has 0 atom stereocenters. The van der Waals surface area contributed by atoms with E-state index < -0.39 is 0 Å². The fraction of sp³-hybridized carbons (Fsp3) is 0.278. The molecule has 0 aromatic heterocycles. The van der Waals surface area contributed by atoms with Crippen LogP contribution in [0.15, 0.2) is 48.5 Å². The summed E-state index contributed by atoms with van der Waals surface area (Å²) in [7, 11) is 0. The van der Waals surface area contributed by atoms with Crippen LogP contribution in [-0.2, 0) is 16.6 Å². The fourth-order valence-electron chi connectivity index (χ4n) is 2.17. The Labute approximate surface area is 135 Å². The lowest BCUT2D eigenvalue weighted by Gasteiger charge is -2.25. The van der Waals surface area contributed by atoms with Gasteiger partial charge in [0.25, 0.3) is 0 Å². The SMILES string of the molecule is CC(C)(CNC(=O)Cc1ccc(F)cc1)c1ccc(Cl)cc1. The Hall–Kier alpha value is -1.87. The van der Waals surface area contributed by atoms with Crippen molar-refractivity contribution in [2.45, 2.75) is 25.7 Å². The summed E-state index contributed by atoms with van der Waals surface area (Å²) < 4.78 is 12.8. The second kappa shape index (κ2) is 6.93. The third-order valence-electron chi connectivity index (χ3n) is 3.63. The van der Waals surface area contributed by atoms with Gasteiger partial charge in [-0.2, -0.15) is 0 Å². The quantitative estimate of drug-likeness (QED) is 0.882. The van der Waals surface area contributed by atoms with Gasteiger partial charge >= 0.3 is 0 Å². The lowest BCUT2D eigenvalue weighted by molar-refractivity contribution is -0.120. The molecule has 2 rings (SSSR count). The number of rotatable bonds is 5. The van der Waals surface area contributed by atoms with Crippen LogP contribution in [0.2, 0.25) is 5.02 Å². The first-order valence-corrected chi connectivity index (χ1v) is 7.52. The van der Waals surface area contributed by atoms with Crippen LogP contribution >= 0.6 is 11.6 Å². The average Bonchev–Trinajstić information content (AvgIpc) is 2.48. The zero-order valence-corrected chi connectivity index (χ0v) is 13.5. The molecule has 2 nitrogen and oxygen atoms in total. The molecule has 2 aromatic rings. The third kappa shape index (κ3) is 4.57. The van der Waals surface area contributed by atoms with Crippen LogP contribution in [0.5, 0.6) is 0 Å². The second-order valence-electron chi connectivity index (χ2n) is 5.97. The summed E-state index contributed by atoms with van der Waals surface area (Å²) in [5.74, 6) is -0.373.